The van der Waals surface area contributed by atoms with E-state index in [0.717, 1.165) is 0 Å². The van der Waals surface area contributed by atoms with E-state index in [2.05, 4.69) is 4.74 Å². The highest BCUT2D eigenvalue weighted by Gasteiger charge is 2.12. The predicted molar refractivity (Wildman–Crippen MR) is 41.6 cm³/mol. The number of hydrogen-bond acceptors (Lipinski definition) is 3. The van der Waals surface area contributed by atoms with Crippen molar-refractivity contribution in [2.24, 2.45) is 0 Å². The molecule has 64 valence electrons. The molecule has 1 aliphatic heterocycles. The van der Waals surface area contributed by atoms with Crippen molar-refractivity contribution in [2.75, 3.05) is 6.16 Å². The van der Waals surface area contributed by atoms with Crippen LogP contribution in [0.3, 0.4) is 0 Å². The molecule has 0 saturated carbocycles. The molecule has 0 aromatic rings. The van der Waals surface area contributed by atoms with Gasteiger partial charge < -0.3 is 9.63 Å². The third kappa shape index (κ3) is 4.76. The van der Waals surface area contributed by atoms with Crippen LogP contribution in [0.25, 0.3) is 0 Å². The molecular weight excluding hydrogens is 167 g/mol. The summed E-state index contributed by atoms with van der Waals surface area (Å²) in [5, 5.41) is 0. The molecule has 1 N–H and O–H groups in total. The molecule has 1 atom stereocenters. The maximum absolute atomic E-state index is 9.94. The largest absolute Gasteiger partial charge is 0.430 e. The van der Waals surface area contributed by atoms with Gasteiger partial charge in [0.25, 0.3) is 0 Å². The molecule has 0 radical (unpaired) electrons. The van der Waals surface area contributed by atoms with Crippen molar-refractivity contribution in [2.45, 2.75) is 13.8 Å². The second kappa shape index (κ2) is 5.10. The number of cyclic esters (lactones) is 1. The zero-order valence-corrected chi connectivity index (χ0v) is 7.46. The third-order valence-electron chi connectivity index (χ3n) is 0.967. The summed E-state index contributed by atoms with van der Waals surface area (Å²) in [6, 6.07) is 0. The highest BCUT2D eigenvalue weighted by Crippen LogP contribution is 2.08. The molecule has 5 heteroatoms. The van der Waals surface area contributed by atoms with Crippen molar-refractivity contribution >= 4 is 14.0 Å². The SMILES string of the molecule is CC1=COC1=O.CC[PH](=O)O. The monoisotopic (exact) mass is 178 g/mol. The van der Waals surface area contributed by atoms with E-state index < -0.39 is 8.03 Å². The topological polar surface area (TPSA) is 63.6 Å². The first-order valence-electron chi connectivity index (χ1n) is 3.17. The van der Waals surface area contributed by atoms with E-state index in [0.29, 0.717) is 11.7 Å². The predicted octanol–water partition coefficient (Wildman–Crippen LogP) is 0.920. The lowest BCUT2D eigenvalue weighted by molar-refractivity contribution is -0.138. The van der Waals surface area contributed by atoms with E-state index in [1.165, 1.54) is 6.26 Å². The van der Waals surface area contributed by atoms with Crippen LogP contribution in [-0.2, 0) is 14.1 Å². The average Bonchev–Trinajstić information content (AvgIpc) is 2.02. The van der Waals surface area contributed by atoms with Crippen molar-refractivity contribution in [1.29, 1.82) is 0 Å². The Balaban J connectivity index is 0.000000187. The van der Waals surface area contributed by atoms with Crippen LogP contribution >= 0.6 is 8.03 Å². The maximum Gasteiger partial charge on any atom is 0.341 e. The molecule has 1 rings (SSSR count). The Bertz CT molecular complexity index is 197. The van der Waals surface area contributed by atoms with E-state index in [-0.39, 0.29) is 5.97 Å². The summed E-state index contributed by atoms with van der Waals surface area (Å²) in [4.78, 5) is 17.8. The van der Waals surface area contributed by atoms with Crippen LogP contribution in [0.15, 0.2) is 11.8 Å². The minimum Gasteiger partial charge on any atom is -0.430 e. The van der Waals surface area contributed by atoms with Gasteiger partial charge in [-0.05, 0) is 6.92 Å². The molecule has 1 unspecified atom stereocenters. The average molecular weight is 178 g/mol. The summed E-state index contributed by atoms with van der Waals surface area (Å²) < 4.78 is 13.8. The number of ether oxygens (including phenoxy) is 1. The van der Waals surface area contributed by atoms with Gasteiger partial charge in [-0.1, -0.05) is 6.92 Å². The van der Waals surface area contributed by atoms with Gasteiger partial charge in [-0.3, -0.25) is 4.57 Å². The first kappa shape index (κ1) is 10.4. The minimum absolute atomic E-state index is 0.199. The lowest BCUT2D eigenvalue weighted by Crippen LogP contribution is -2.10. The van der Waals surface area contributed by atoms with Crippen LogP contribution in [0.2, 0.25) is 0 Å². The molecule has 11 heavy (non-hydrogen) atoms. The first-order valence-corrected chi connectivity index (χ1v) is 4.73. The molecular formula is C6H11O4P. The molecule has 1 heterocycles. The fourth-order valence-electron chi connectivity index (χ4n) is 0.225. The molecule has 1 aliphatic rings. The zero-order valence-electron chi connectivity index (χ0n) is 6.46. The lowest BCUT2D eigenvalue weighted by atomic mass is 10.3. The van der Waals surface area contributed by atoms with E-state index in [4.69, 9.17) is 4.89 Å². The van der Waals surface area contributed by atoms with Gasteiger partial charge in [-0.25, -0.2) is 4.79 Å². The fourth-order valence-corrected chi connectivity index (χ4v) is 0.225. The molecule has 0 aromatic carbocycles. The highest BCUT2D eigenvalue weighted by molar-refractivity contribution is 7.37. The summed E-state index contributed by atoms with van der Waals surface area (Å²) >= 11 is 0. The Morgan fingerprint density at radius 3 is 2.09 bits per heavy atom. The number of carbonyl (C=O) groups excluding carboxylic acids is 1. The Kier molecular flexibility index (Phi) is 4.83. The quantitative estimate of drug-likeness (QED) is 0.479. The minimum atomic E-state index is -2.12. The van der Waals surface area contributed by atoms with Crippen LogP contribution < -0.4 is 0 Å². The molecule has 0 saturated heterocycles. The van der Waals surface area contributed by atoms with Gasteiger partial charge >= 0.3 is 5.97 Å². The van der Waals surface area contributed by atoms with Crippen LogP contribution in [0.1, 0.15) is 13.8 Å². The van der Waals surface area contributed by atoms with E-state index in [1.807, 2.05) is 0 Å². The third-order valence-corrected chi connectivity index (χ3v) is 1.57. The fraction of sp³-hybridized carbons (Fsp3) is 0.500. The van der Waals surface area contributed by atoms with Crippen LogP contribution in [0.4, 0.5) is 0 Å². The number of hydrogen-bond donors (Lipinski definition) is 1. The Morgan fingerprint density at radius 1 is 1.73 bits per heavy atom. The van der Waals surface area contributed by atoms with Crippen molar-refractivity contribution in [3.05, 3.63) is 11.8 Å². The van der Waals surface area contributed by atoms with Crippen molar-refractivity contribution in [1.82, 2.24) is 0 Å². The second-order valence-corrected chi connectivity index (χ2v) is 3.45. The smallest absolute Gasteiger partial charge is 0.341 e. The van der Waals surface area contributed by atoms with Crippen LogP contribution in [-0.4, -0.2) is 17.0 Å². The summed E-state index contributed by atoms with van der Waals surface area (Å²) in [6.45, 7) is 3.40. The summed E-state index contributed by atoms with van der Waals surface area (Å²) in [7, 11) is -2.12. The summed E-state index contributed by atoms with van der Waals surface area (Å²) in [5.41, 5.74) is 0.704. The van der Waals surface area contributed by atoms with Crippen molar-refractivity contribution < 1.29 is 19.0 Å². The number of esters is 1. The molecule has 0 aliphatic carbocycles. The summed E-state index contributed by atoms with van der Waals surface area (Å²) in [5.74, 6) is -0.199. The van der Waals surface area contributed by atoms with Gasteiger partial charge in [-0.2, -0.15) is 0 Å². The number of rotatable bonds is 1. The normalized spacial score (nSPS) is 16.6. The van der Waals surface area contributed by atoms with E-state index in [1.54, 1.807) is 13.8 Å². The Morgan fingerprint density at radius 2 is 2.09 bits per heavy atom. The molecule has 0 amide bonds. The first-order chi connectivity index (χ1) is 5.07. The molecule has 0 fully saturated rings. The van der Waals surface area contributed by atoms with Crippen LogP contribution in [0, 0.1) is 0 Å². The van der Waals surface area contributed by atoms with Gasteiger partial charge in [0.2, 0.25) is 0 Å². The molecule has 4 nitrogen and oxygen atoms in total. The van der Waals surface area contributed by atoms with Gasteiger partial charge in [0, 0.05) is 6.16 Å². The van der Waals surface area contributed by atoms with E-state index >= 15 is 0 Å². The zero-order chi connectivity index (χ0) is 8.85. The molecule has 0 bridgehead atoms. The Labute approximate surface area is 65.7 Å². The highest BCUT2D eigenvalue weighted by atomic mass is 31.1. The van der Waals surface area contributed by atoms with Crippen molar-refractivity contribution in [3.63, 3.8) is 0 Å². The van der Waals surface area contributed by atoms with Gasteiger partial charge in [0.15, 0.2) is 8.03 Å². The van der Waals surface area contributed by atoms with Crippen LogP contribution in [0.5, 0.6) is 0 Å². The lowest BCUT2D eigenvalue weighted by Gasteiger charge is -2.05. The second-order valence-electron chi connectivity index (χ2n) is 1.95. The maximum atomic E-state index is 9.94. The number of carbonyl (C=O) groups is 1. The Hall–Kier alpha value is -0.600. The molecule has 0 spiro atoms. The van der Waals surface area contributed by atoms with Crippen molar-refractivity contribution in [3.8, 4) is 0 Å². The van der Waals surface area contributed by atoms with E-state index in [9.17, 15) is 9.36 Å². The van der Waals surface area contributed by atoms with Gasteiger partial charge in [0.05, 0.1) is 5.57 Å². The van der Waals surface area contributed by atoms with Gasteiger partial charge in [-0.15, -0.1) is 0 Å². The van der Waals surface area contributed by atoms with Gasteiger partial charge in [0.1, 0.15) is 6.26 Å². The standard InChI is InChI=1S/C4H4O2.C2H7O2P/c1-3-2-6-4(3)5;1-2-5(3)4/h2H,1H3;5H,2H2,1H3,(H,3,4). The molecule has 0 aromatic heterocycles. The summed E-state index contributed by atoms with van der Waals surface area (Å²) in [6.07, 6.45) is 1.84.